The van der Waals surface area contributed by atoms with E-state index in [2.05, 4.69) is 48.5 Å². The number of nitrogens with one attached hydrogen (secondary N) is 1. The Balaban J connectivity index is 1.53. The van der Waals surface area contributed by atoms with Gasteiger partial charge in [-0.05, 0) is 63.9 Å². The molecule has 1 N–H and O–H groups in total. The SMILES string of the molecule is Cc1ccccc1CN(C)CCCCCNC1CC1. The summed E-state index contributed by atoms with van der Waals surface area (Å²) in [7, 11) is 2.23. The maximum Gasteiger partial charge on any atom is 0.0233 e. The second kappa shape index (κ2) is 7.66. The highest BCUT2D eigenvalue weighted by Gasteiger charge is 2.19. The Morgan fingerprint density at radius 1 is 1.16 bits per heavy atom. The van der Waals surface area contributed by atoms with Crippen molar-refractivity contribution < 1.29 is 0 Å². The topological polar surface area (TPSA) is 15.3 Å². The minimum Gasteiger partial charge on any atom is -0.314 e. The third kappa shape index (κ3) is 5.75. The molecule has 1 fully saturated rings. The minimum absolute atomic E-state index is 0.865. The van der Waals surface area contributed by atoms with Crippen molar-refractivity contribution in [2.45, 2.75) is 51.6 Å². The molecule has 2 rings (SSSR count). The zero-order chi connectivity index (χ0) is 13.5. The molecule has 0 saturated heterocycles. The van der Waals surface area contributed by atoms with Gasteiger partial charge in [0.25, 0.3) is 0 Å². The smallest absolute Gasteiger partial charge is 0.0233 e. The molecule has 0 heterocycles. The first-order valence-electron chi connectivity index (χ1n) is 7.72. The van der Waals surface area contributed by atoms with E-state index in [1.807, 2.05) is 0 Å². The molecule has 0 bridgehead atoms. The number of hydrogen-bond acceptors (Lipinski definition) is 2. The normalized spacial score (nSPS) is 15.1. The average Bonchev–Trinajstić information content (AvgIpc) is 3.20. The van der Waals surface area contributed by atoms with Gasteiger partial charge in [-0.15, -0.1) is 0 Å². The van der Waals surface area contributed by atoms with Crippen LogP contribution in [-0.4, -0.2) is 31.1 Å². The molecule has 0 aromatic heterocycles. The number of nitrogens with zero attached hydrogens (tertiary/aromatic N) is 1. The van der Waals surface area contributed by atoms with Crippen LogP contribution >= 0.6 is 0 Å². The molecule has 106 valence electrons. The molecule has 1 aliphatic carbocycles. The Bertz CT molecular complexity index is 371. The third-order valence-corrected chi connectivity index (χ3v) is 3.93. The van der Waals surface area contributed by atoms with Crippen LogP contribution in [0.25, 0.3) is 0 Å². The summed E-state index contributed by atoms with van der Waals surface area (Å²) in [4.78, 5) is 2.44. The van der Waals surface area contributed by atoms with Crippen LogP contribution in [0.3, 0.4) is 0 Å². The molecule has 0 atom stereocenters. The van der Waals surface area contributed by atoms with E-state index in [0.717, 1.165) is 12.6 Å². The van der Waals surface area contributed by atoms with E-state index in [-0.39, 0.29) is 0 Å². The predicted octanol–water partition coefficient (Wildman–Crippen LogP) is 3.35. The summed E-state index contributed by atoms with van der Waals surface area (Å²) in [5, 5.41) is 3.58. The van der Waals surface area contributed by atoms with Crippen LogP contribution in [0.15, 0.2) is 24.3 Å². The van der Waals surface area contributed by atoms with Crippen molar-refractivity contribution in [2.24, 2.45) is 0 Å². The first kappa shape index (κ1) is 14.5. The summed E-state index contributed by atoms with van der Waals surface area (Å²) in [6.07, 6.45) is 6.79. The number of benzene rings is 1. The fourth-order valence-corrected chi connectivity index (χ4v) is 2.43. The highest BCUT2D eigenvalue weighted by atomic mass is 15.1. The van der Waals surface area contributed by atoms with E-state index in [4.69, 9.17) is 0 Å². The van der Waals surface area contributed by atoms with Crippen molar-refractivity contribution in [1.29, 1.82) is 0 Å². The number of aryl methyl sites for hydroxylation is 1. The van der Waals surface area contributed by atoms with Gasteiger partial charge in [0, 0.05) is 12.6 Å². The zero-order valence-electron chi connectivity index (χ0n) is 12.5. The minimum atomic E-state index is 0.865. The van der Waals surface area contributed by atoms with Crippen molar-refractivity contribution in [2.75, 3.05) is 20.1 Å². The van der Waals surface area contributed by atoms with Crippen LogP contribution in [0.4, 0.5) is 0 Å². The Kier molecular flexibility index (Phi) is 5.87. The lowest BCUT2D eigenvalue weighted by atomic mass is 10.1. The van der Waals surface area contributed by atoms with Crippen molar-refractivity contribution in [3.8, 4) is 0 Å². The summed E-state index contributed by atoms with van der Waals surface area (Å²) in [6.45, 7) is 5.70. The molecule has 1 aliphatic rings. The van der Waals surface area contributed by atoms with E-state index in [0.29, 0.717) is 0 Å². The lowest BCUT2D eigenvalue weighted by Crippen LogP contribution is -2.20. The van der Waals surface area contributed by atoms with Crippen LogP contribution in [-0.2, 0) is 6.54 Å². The summed E-state index contributed by atoms with van der Waals surface area (Å²) in [5.74, 6) is 0. The van der Waals surface area contributed by atoms with Crippen molar-refractivity contribution >= 4 is 0 Å². The van der Waals surface area contributed by atoms with Gasteiger partial charge in [-0.1, -0.05) is 30.7 Å². The van der Waals surface area contributed by atoms with Gasteiger partial charge in [0.2, 0.25) is 0 Å². The molecule has 0 aliphatic heterocycles. The van der Waals surface area contributed by atoms with Gasteiger partial charge in [0.05, 0.1) is 0 Å². The first-order chi connectivity index (χ1) is 9.25. The molecule has 1 aromatic rings. The summed E-state index contributed by atoms with van der Waals surface area (Å²) >= 11 is 0. The molecule has 2 heteroatoms. The van der Waals surface area contributed by atoms with Crippen molar-refractivity contribution in [3.05, 3.63) is 35.4 Å². The molecular weight excluding hydrogens is 232 g/mol. The fraction of sp³-hybridized carbons (Fsp3) is 0.647. The fourth-order valence-electron chi connectivity index (χ4n) is 2.43. The zero-order valence-corrected chi connectivity index (χ0v) is 12.5. The molecule has 0 unspecified atom stereocenters. The van der Waals surface area contributed by atoms with Gasteiger partial charge in [0.1, 0.15) is 0 Å². The van der Waals surface area contributed by atoms with E-state index >= 15 is 0 Å². The van der Waals surface area contributed by atoms with Crippen LogP contribution < -0.4 is 5.32 Å². The Morgan fingerprint density at radius 2 is 1.95 bits per heavy atom. The van der Waals surface area contributed by atoms with Crippen molar-refractivity contribution in [3.63, 3.8) is 0 Å². The van der Waals surface area contributed by atoms with Crippen LogP contribution in [0, 0.1) is 6.92 Å². The largest absolute Gasteiger partial charge is 0.314 e. The number of rotatable bonds is 9. The molecule has 2 nitrogen and oxygen atoms in total. The van der Waals surface area contributed by atoms with Gasteiger partial charge >= 0.3 is 0 Å². The highest BCUT2D eigenvalue weighted by Crippen LogP contribution is 2.18. The monoisotopic (exact) mass is 260 g/mol. The van der Waals surface area contributed by atoms with Gasteiger partial charge < -0.3 is 10.2 Å². The van der Waals surface area contributed by atoms with E-state index in [1.54, 1.807) is 0 Å². The van der Waals surface area contributed by atoms with E-state index < -0.39 is 0 Å². The summed E-state index contributed by atoms with van der Waals surface area (Å²) in [5.41, 5.74) is 2.86. The molecular formula is C17H28N2. The van der Waals surface area contributed by atoms with Gasteiger partial charge in [-0.25, -0.2) is 0 Å². The van der Waals surface area contributed by atoms with Gasteiger partial charge in [0.15, 0.2) is 0 Å². The number of hydrogen-bond donors (Lipinski definition) is 1. The average molecular weight is 260 g/mol. The Labute approximate surface area is 118 Å². The Morgan fingerprint density at radius 3 is 2.68 bits per heavy atom. The summed E-state index contributed by atoms with van der Waals surface area (Å²) < 4.78 is 0. The lowest BCUT2D eigenvalue weighted by molar-refractivity contribution is 0.316. The number of unbranched alkanes of at least 4 members (excludes halogenated alkanes) is 2. The molecule has 0 spiro atoms. The van der Waals surface area contributed by atoms with Crippen LogP contribution in [0.5, 0.6) is 0 Å². The highest BCUT2D eigenvalue weighted by molar-refractivity contribution is 5.25. The maximum absolute atomic E-state index is 3.58. The molecule has 19 heavy (non-hydrogen) atoms. The quantitative estimate of drug-likeness (QED) is 0.685. The second-order valence-electron chi connectivity index (χ2n) is 5.95. The van der Waals surface area contributed by atoms with Gasteiger partial charge in [-0.3, -0.25) is 0 Å². The van der Waals surface area contributed by atoms with Gasteiger partial charge in [-0.2, -0.15) is 0 Å². The molecule has 0 amide bonds. The van der Waals surface area contributed by atoms with E-state index in [9.17, 15) is 0 Å². The Hall–Kier alpha value is -0.860. The summed E-state index contributed by atoms with van der Waals surface area (Å²) in [6, 6.07) is 9.56. The first-order valence-corrected chi connectivity index (χ1v) is 7.72. The maximum atomic E-state index is 3.58. The molecule has 1 aromatic carbocycles. The predicted molar refractivity (Wildman–Crippen MR) is 82.4 cm³/mol. The third-order valence-electron chi connectivity index (χ3n) is 3.93. The van der Waals surface area contributed by atoms with Crippen molar-refractivity contribution in [1.82, 2.24) is 10.2 Å². The van der Waals surface area contributed by atoms with Crippen LogP contribution in [0.1, 0.15) is 43.2 Å². The second-order valence-corrected chi connectivity index (χ2v) is 5.95. The molecule has 1 saturated carbocycles. The standard InChI is InChI=1S/C17H28N2/c1-15-8-4-5-9-16(15)14-19(2)13-7-3-6-12-18-17-10-11-17/h4-5,8-9,17-18H,3,6-7,10-14H2,1-2H3. The van der Waals surface area contributed by atoms with Crippen LogP contribution in [0.2, 0.25) is 0 Å². The lowest BCUT2D eigenvalue weighted by Gasteiger charge is -2.17. The molecule has 0 radical (unpaired) electrons. The van der Waals surface area contributed by atoms with E-state index in [1.165, 1.54) is 56.3 Å².